The maximum absolute atomic E-state index is 9.06. The van der Waals surface area contributed by atoms with Gasteiger partial charge in [-0.3, -0.25) is 0 Å². The summed E-state index contributed by atoms with van der Waals surface area (Å²) in [6.45, 7) is 1.91. The van der Waals surface area contributed by atoms with Crippen LogP contribution in [0.25, 0.3) is 0 Å². The van der Waals surface area contributed by atoms with Gasteiger partial charge in [-0.2, -0.15) is 5.26 Å². The first-order chi connectivity index (χ1) is 8.61. The number of nitriles is 1. The van der Waals surface area contributed by atoms with Crippen LogP contribution in [0.1, 0.15) is 11.1 Å². The maximum Gasteiger partial charge on any atom is 0.147 e. The van der Waals surface area contributed by atoms with Gasteiger partial charge in [0.05, 0.1) is 10.6 Å². The zero-order valence-electron chi connectivity index (χ0n) is 9.58. The second-order valence-electron chi connectivity index (χ2n) is 3.77. The topological polar surface area (TPSA) is 33.0 Å². The lowest BCUT2D eigenvalue weighted by Gasteiger charge is -2.10. The monoisotopic (exact) mass is 277 g/mol. The normalized spacial score (nSPS) is 9.89. The van der Waals surface area contributed by atoms with E-state index in [-0.39, 0.29) is 0 Å². The molecule has 0 spiro atoms. The molecule has 90 valence electrons. The molecular weight excluding hydrogens is 269 g/mol. The highest BCUT2D eigenvalue weighted by Crippen LogP contribution is 2.35. The van der Waals surface area contributed by atoms with Gasteiger partial charge in [-0.15, -0.1) is 0 Å². The van der Waals surface area contributed by atoms with Crippen molar-refractivity contribution in [1.82, 2.24) is 0 Å². The van der Waals surface area contributed by atoms with Crippen LogP contribution in [0, 0.1) is 18.3 Å². The Morgan fingerprint density at radius 2 is 1.89 bits per heavy atom. The highest BCUT2D eigenvalue weighted by Gasteiger charge is 2.09. The Morgan fingerprint density at radius 3 is 2.61 bits per heavy atom. The average Bonchev–Trinajstić information content (AvgIpc) is 2.37. The number of benzene rings is 2. The third-order valence-electron chi connectivity index (χ3n) is 2.39. The van der Waals surface area contributed by atoms with Crippen molar-refractivity contribution in [2.75, 3.05) is 0 Å². The standard InChI is InChI=1S/C14H9Cl2NO/c1-9-5-6-12(10(7-9)8-17)18-13-4-2-3-11(15)14(13)16/h2-7H,1H3. The van der Waals surface area contributed by atoms with Gasteiger partial charge in [0.1, 0.15) is 22.6 Å². The van der Waals surface area contributed by atoms with Gasteiger partial charge in [0, 0.05) is 0 Å². The molecule has 0 unspecified atom stereocenters. The van der Waals surface area contributed by atoms with Crippen LogP contribution in [0.2, 0.25) is 10.0 Å². The Morgan fingerprint density at radius 1 is 1.11 bits per heavy atom. The molecular formula is C14H9Cl2NO. The van der Waals surface area contributed by atoms with Crippen molar-refractivity contribution < 1.29 is 4.74 Å². The van der Waals surface area contributed by atoms with Gasteiger partial charge in [-0.1, -0.05) is 35.3 Å². The summed E-state index contributed by atoms with van der Waals surface area (Å²) in [4.78, 5) is 0. The third kappa shape index (κ3) is 2.59. The summed E-state index contributed by atoms with van der Waals surface area (Å²) in [6.07, 6.45) is 0. The zero-order valence-corrected chi connectivity index (χ0v) is 11.1. The van der Waals surface area contributed by atoms with E-state index in [1.165, 1.54) is 0 Å². The summed E-state index contributed by atoms with van der Waals surface area (Å²) in [6, 6.07) is 12.6. The molecule has 0 N–H and O–H groups in total. The van der Waals surface area contributed by atoms with E-state index >= 15 is 0 Å². The minimum Gasteiger partial charge on any atom is -0.454 e. The van der Waals surface area contributed by atoms with Crippen molar-refractivity contribution in [3.8, 4) is 17.6 Å². The van der Waals surface area contributed by atoms with Gasteiger partial charge < -0.3 is 4.74 Å². The molecule has 0 radical (unpaired) electrons. The van der Waals surface area contributed by atoms with Crippen molar-refractivity contribution in [1.29, 1.82) is 5.26 Å². The molecule has 0 bridgehead atoms. The number of ether oxygens (including phenoxy) is 1. The predicted octanol–water partition coefficient (Wildman–Crippen LogP) is 4.97. The number of aryl methyl sites for hydroxylation is 1. The molecule has 0 fully saturated rings. The third-order valence-corrected chi connectivity index (χ3v) is 3.19. The molecule has 0 aliphatic heterocycles. The van der Waals surface area contributed by atoms with Gasteiger partial charge >= 0.3 is 0 Å². The molecule has 2 aromatic rings. The SMILES string of the molecule is Cc1ccc(Oc2cccc(Cl)c2Cl)c(C#N)c1. The molecule has 2 aromatic carbocycles. The van der Waals surface area contributed by atoms with E-state index < -0.39 is 0 Å². The van der Waals surface area contributed by atoms with Crippen molar-refractivity contribution in [2.24, 2.45) is 0 Å². The highest BCUT2D eigenvalue weighted by atomic mass is 35.5. The van der Waals surface area contributed by atoms with Gasteiger partial charge in [-0.25, -0.2) is 0 Å². The van der Waals surface area contributed by atoms with E-state index in [0.717, 1.165) is 5.56 Å². The summed E-state index contributed by atoms with van der Waals surface area (Å²) in [7, 11) is 0. The molecule has 0 saturated carbocycles. The molecule has 0 aliphatic rings. The molecule has 0 amide bonds. The lowest BCUT2D eigenvalue weighted by molar-refractivity contribution is 0.481. The van der Waals surface area contributed by atoms with Crippen LogP contribution in [0.4, 0.5) is 0 Å². The average molecular weight is 278 g/mol. The van der Waals surface area contributed by atoms with Gasteiger partial charge in [0.2, 0.25) is 0 Å². The molecule has 0 aliphatic carbocycles. The summed E-state index contributed by atoms with van der Waals surface area (Å²) in [5, 5.41) is 9.81. The Hall–Kier alpha value is -1.69. The molecule has 0 heterocycles. The molecule has 18 heavy (non-hydrogen) atoms. The lowest BCUT2D eigenvalue weighted by Crippen LogP contribution is -1.90. The zero-order chi connectivity index (χ0) is 13.1. The second kappa shape index (κ2) is 5.30. The molecule has 0 atom stereocenters. The second-order valence-corrected chi connectivity index (χ2v) is 4.55. The molecule has 0 saturated heterocycles. The minimum atomic E-state index is 0.337. The maximum atomic E-state index is 9.06. The smallest absolute Gasteiger partial charge is 0.147 e. The van der Waals surface area contributed by atoms with E-state index in [4.69, 9.17) is 33.2 Å². The first kappa shape index (κ1) is 12.8. The summed E-state index contributed by atoms with van der Waals surface area (Å²) in [5.41, 5.74) is 1.46. The number of rotatable bonds is 2. The van der Waals surface area contributed by atoms with Crippen LogP contribution < -0.4 is 4.74 Å². The van der Waals surface area contributed by atoms with Crippen molar-refractivity contribution in [2.45, 2.75) is 6.92 Å². The Balaban J connectivity index is 2.41. The minimum absolute atomic E-state index is 0.337. The van der Waals surface area contributed by atoms with Crippen LogP contribution in [-0.4, -0.2) is 0 Å². The lowest BCUT2D eigenvalue weighted by atomic mass is 10.1. The van der Waals surface area contributed by atoms with Crippen LogP contribution in [0.5, 0.6) is 11.5 Å². The number of hydrogen-bond acceptors (Lipinski definition) is 2. The summed E-state index contributed by atoms with van der Waals surface area (Å²) >= 11 is 11.9. The van der Waals surface area contributed by atoms with Gasteiger partial charge in [-0.05, 0) is 36.8 Å². The van der Waals surface area contributed by atoms with E-state index in [0.29, 0.717) is 27.1 Å². The largest absolute Gasteiger partial charge is 0.454 e. The first-order valence-corrected chi connectivity index (χ1v) is 6.00. The number of nitrogens with zero attached hydrogens (tertiary/aromatic N) is 1. The van der Waals surface area contributed by atoms with Crippen LogP contribution >= 0.6 is 23.2 Å². The van der Waals surface area contributed by atoms with E-state index in [2.05, 4.69) is 6.07 Å². The fourth-order valence-electron chi connectivity index (χ4n) is 1.50. The van der Waals surface area contributed by atoms with E-state index in [1.54, 1.807) is 30.3 Å². The van der Waals surface area contributed by atoms with Crippen molar-refractivity contribution in [3.63, 3.8) is 0 Å². The Labute approximate surface area is 115 Å². The summed E-state index contributed by atoms with van der Waals surface area (Å²) < 4.78 is 5.63. The van der Waals surface area contributed by atoms with Crippen LogP contribution in [-0.2, 0) is 0 Å². The molecule has 2 nitrogen and oxygen atoms in total. The van der Waals surface area contributed by atoms with E-state index in [1.807, 2.05) is 13.0 Å². The van der Waals surface area contributed by atoms with Crippen LogP contribution in [0.15, 0.2) is 36.4 Å². The number of halogens is 2. The summed E-state index contributed by atoms with van der Waals surface area (Å²) in [5.74, 6) is 0.900. The number of hydrogen-bond donors (Lipinski definition) is 0. The quantitative estimate of drug-likeness (QED) is 0.777. The Kier molecular flexibility index (Phi) is 3.76. The first-order valence-electron chi connectivity index (χ1n) is 5.24. The van der Waals surface area contributed by atoms with Crippen LogP contribution in [0.3, 0.4) is 0 Å². The van der Waals surface area contributed by atoms with Gasteiger partial charge in [0.25, 0.3) is 0 Å². The fraction of sp³-hybridized carbons (Fsp3) is 0.0714. The molecule has 0 aromatic heterocycles. The van der Waals surface area contributed by atoms with Gasteiger partial charge in [0.15, 0.2) is 0 Å². The van der Waals surface area contributed by atoms with E-state index in [9.17, 15) is 0 Å². The molecule has 4 heteroatoms. The van der Waals surface area contributed by atoms with Crippen molar-refractivity contribution >= 4 is 23.2 Å². The Bertz CT molecular complexity index is 632. The highest BCUT2D eigenvalue weighted by molar-refractivity contribution is 6.42. The predicted molar refractivity (Wildman–Crippen MR) is 72.4 cm³/mol. The molecule has 2 rings (SSSR count). The van der Waals surface area contributed by atoms with Crippen molar-refractivity contribution in [3.05, 3.63) is 57.6 Å². The fourth-order valence-corrected chi connectivity index (χ4v) is 1.83.